The van der Waals surface area contributed by atoms with Crippen molar-refractivity contribution < 1.29 is 9.53 Å². The second kappa shape index (κ2) is 7.64. The van der Waals surface area contributed by atoms with Crippen molar-refractivity contribution >= 4 is 23.2 Å². The van der Waals surface area contributed by atoms with Gasteiger partial charge in [-0.15, -0.1) is 0 Å². The number of rotatable bonds is 6. The Kier molecular flexibility index (Phi) is 5.85. The zero-order valence-electron chi connectivity index (χ0n) is 12.5. The summed E-state index contributed by atoms with van der Waals surface area (Å²) in [6.07, 6.45) is 2.29. The molecule has 1 aliphatic heterocycles. The SMILES string of the molecule is CNCC1CCCN1CC(=O)Nc1ccc(OC)c(Cl)c1. The number of carbonyl (C=O) groups excluding carboxylic acids is 1. The van der Waals surface area contributed by atoms with Crippen LogP contribution in [0, 0.1) is 0 Å². The molecule has 0 saturated carbocycles. The third-order valence-electron chi connectivity index (χ3n) is 3.72. The number of ether oxygens (including phenoxy) is 1. The predicted molar refractivity (Wildman–Crippen MR) is 85.2 cm³/mol. The molecule has 2 N–H and O–H groups in total. The first-order valence-corrected chi connectivity index (χ1v) is 7.54. The fourth-order valence-corrected chi connectivity index (χ4v) is 2.96. The van der Waals surface area contributed by atoms with Gasteiger partial charge in [-0.3, -0.25) is 9.69 Å². The Morgan fingerprint density at radius 3 is 3.00 bits per heavy atom. The van der Waals surface area contributed by atoms with Gasteiger partial charge in [-0.25, -0.2) is 0 Å². The van der Waals surface area contributed by atoms with Crippen LogP contribution in [0.2, 0.25) is 5.02 Å². The lowest BCUT2D eigenvalue weighted by molar-refractivity contribution is -0.117. The van der Waals surface area contributed by atoms with Crippen LogP contribution in [0.25, 0.3) is 0 Å². The Bertz CT molecular complexity index is 496. The van der Waals surface area contributed by atoms with Gasteiger partial charge in [-0.05, 0) is 44.6 Å². The molecule has 21 heavy (non-hydrogen) atoms. The third kappa shape index (κ3) is 4.33. The number of hydrogen-bond acceptors (Lipinski definition) is 4. The molecular formula is C15H22ClN3O2. The van der Waals surface area contributed by atoms with E-state index in [1.807, 2.05) is 7.05 Å². The van der Waals surface area contributed by atoms with Crippen LogP contribution < -0.4 is 15.4 Å². The Hall–Kier alpha value is -1.30. The van der Waals surface area contributed by atoms with Gasteiger partial charge in [0.15, 0.2) is 0 Å². The second-order valence-corrected chi connectivity index (χ2v) is 5.63. The number of nitrogens with one attached hydrogen (secondary N) is 2. The first-order valence-electron chi connectivity index (χ1n) is 7.16. The van der Waals surface area contributed by atoms with Crippen molar-refractivity contribution in [2.24, 2.45) is 0 Å². The number of anilines is 1. The van der Waals surface area contributed by atoms with Gasteiger partial charge in [-0.1, -0.05) is 11.6 Å². The van der Waals surface area contributed by atoms with Crippen molar-refractivity contribution in [3.63, 3.8) is 0 Å². The summed E-state index contributed by atoms with van der Waals surface area (Å²) in [6.45, 7) is 2.31. The predicted octanol–water partition coefficient (Wildman–Crippen LogP) is 1.97. The molecule has 1 saturated heterocycles. The highest BCUT2D eigenvalue weighted by Crippen LogP contribution is 2.27. The lowest BCUT2D eigenvalue weighted by Gasteiger charge is -2.23. The van der Waals surface area contributed by atoms with Crippen LogP contribution in [0.5, 0.6) is 5.75 Å². The van der Waals surface area contributed by atoms with Crippen LogP contribution >= 0.6 is 11.6 Å². The van der Waals surface area contributed by atoms with E-state index in [2.05, 4.69) is 15.5 Å². The number of likely N-dealkylation sites (tertiary alicyclic amines) is 1. The molecule has 1 aromatic carbocycles. The summed E-state index contributed by atoms with van der Waals surface area (Å²) in [6, 6.07) is 5.68. The van der Waals surface area contributed by atoms with Crippen LogP contribution in [-0.2, 0) is 4.79 Å². The molecule has 116 valence electrons. The maximum absolute atomic E-state index is 12.1. The lowest BCUT2D eigenvalue weighted by atomic mass is 10.2. The van der Waals surface area contributed by atoms with E-state index in [-0.39, 0.29) is 5.91 Å². The molecule has 1 fully saturated rings. The highest BCUT2D eigenvalue weighted by atomic mass is 35.5. The second-order valence-electron chi connectivity index (χ2n) is 5.22. The van der Waals surface area contributed by atoms with Crippen molar-refractivity contribution in [2.75, 3.05) is 39.1 Å². The summed E-state index contributed by atoms with van der Waals surface area (Å²) in [5.41, 5.74) is 0.690. The first kappa shape index (κ1) is 16.1. The zero-order chi connectivity index (χ0) is 15.2. The molecule has 1 unspecified atom stereocenters. The molecule has 1 amide bonds. The number of hydrogen-bond donors (Lipinski definition) is 2. The molecule has 0 bridgehead atoms. The number of amides is 1. The summed E-state index contributed by atoms with van der Waals surface area (Å²) < 4.78 is 5.09. The smallest absolute Gasteiger partial charge is 0.238 e. The first-order chi connectivity index (χ1) is 10.1. The molecule has 1 heterocycles. The molecule has 2 rings (SSSR count). The molecule has 0 aliphatic carbocycles. The lowest BCUT2D eigenvalue weighted by Crippen LogP contribution is -2.41. The highest BCUT2D eigenvalue weighted by molar-refractivity contribution is 6.32. The summed E-state index contributed by atoms with van der Waals surface area (Å²) >= 11 is 6.05. The molecule has 5 nitrogen and oxygen atoms in total. The minimum Gasteiger partial charge on any atom is -0.495 e. The number of carbonyl (C=O) groups is 1. The summed E-state index contributed by atoms with van der Waals surface area (Å²) in [7, 11) is 3.50. The molecule has 0 aromatic heterocycles. The van der Waals surface area contributed by atoms with Crippen molar-refractivity contribution in [1.82, 2.24) is 10.2 Å². The largest absolute Gasteiger partial charge is 0.495 e. The van der Waals surface area contributed by atoms with E-state index in [4.69, 9.17) is 16.3 Å². The van der Waals surface area contributed by atoms with Crippen LogP contribution in [0.15, 0.2) is 18.2 Å². The number of methoxy groups -OCH3 is 1. The van der Waals surface area contributed by atoms with Gasteiger partial charge >= 0.3 is 0 Å². The molecule has 1 aromatic rings. The maximum atomic E-state index is 12.1. The van der Waals surface area contributed by atoms with Crippen LogP contribution in [-0.4, -0.2) is 50.6 Å². The minimum atomic E-state index is -0.0146. The van der Waals surface area contributed by atoms with Crippen LogP contribution in [0.3, 0.4) is 0 Å². The van der Waals surface area contributed by atoms with E-state index < -0.39 is 0 Å². The average molecular weight is 312 g/mol. The van der Waals surface area contributed by atoms with E-state index in [9.17, 15) is 4.79 Å². The number of likely N-dealkylation sites (N-methyl/N-ethyl adjacent to an activating group) is 1. The number of halogens is 1. The van der Waals surface area contributed by atoms with Crippen LogP contribution in [0.1, 0.15) is 12.8 Å². The Balaban J connectivity index is 1.91. The maximum Gasteiger partial charge on any atom is 0.238 e. The Morgan fingerprint density at radius 2 is 2.33 bits per heavy atom. The zero-order valence-corrected chi connectivity index (χ0v) is 13.2. The summed E-state index contributed by atoms with van der Waals surface area (Å²) in [4.78, 5) is 14.4. The molecule has 1 atom stereocenters. The molecule has 6 heteroatoms. The van der Waals surface area contributed by atoms with Gasteiger partial charge in [0.2, 0.25) is 5.91 Å². The molecular weight excluding hydrogens is 290 g/mol. The number of benzene rings is 1. The van der Waals surface area contributed by atoms with Gasteiger partial charge in [0.1, 0.15) is 5.75 Å². The average Bonchev–Trinajstić information content (AvgIpc) is 2.86. The highest BCUT2D eigenvalue weighted by Gasteiger charge is 2.25. The van der Waals surface area contributed by atoms with E-state index in [1.54, 1.807) is 25.3 Å². The van der Waals surface area contributed by atoms with Gasteiger partial charge in [0.25, 0.3) is 0 Å². The van der Waals surface area contributed by atoms with E-state index in [1.165, 1.54) is 0 Å². The van der Waals surface area contributed by atoms with Crippen molar-refractivity contribution in [3.8, 4) is 5.75 Å². The number of nitrogens with zero attached hydrogens (tertiary/aromatic N) is 1. The molecule has 1 aliphatic rings. The van der Waals surface area contributed by atoms with Crippen molar-refractivity contribution in [3.05, 3.63) is 23.2 Å². The van der Waals surface area contributed by atoms with E-state index in [0.717, 1.165) is 25.9 Å². The van der Waals surface area contributed by atoms with Crippen molar-refractivity contribution in [2.45, 2.75) is 18.9 Å². The van der Waals surface area contributed by atoms with Crippen molar-refractivity contribution in [1.29, 1.82) is 0 Å². The van der Waals surface area contributed by atoms with E-state index in [0.29, 0.717) is 29.0 Å². The summed E-state index contributed by atoms with van der Waals surface area (Å²) in [5, 5.41) is 6.55. The standard InChI is InChI=1S/C15H22ClN3O2/c1-17-9-12-4-3-7-19(12)10-15(20)18-11-5-6-14(21-2)13(16)8-11/h5-6,8,12,17H,3-4,7,9-10H2,1-2H3,(H,18,20). The topological polar surface area (TPSA) is 53.6 Å². The third-order valence-corrected chi connectivity index (χ3v) is 4.02. The summed E-state index contributed by atoms with van der Waals surface area (Å²) in [5.74, 6) is 0.586. The monoisotopic (exact) mass is 311 g/mol. The molecule has 0 spiro atoms. The Labute approximate surface area is 130 Å². The normalized spacial score (nSPS) is 18.7. The quantitative estimate of drug-likeness (QED) is 0.843. The van der Waals surface area contributed by atoms with Gasteiger partial charge in [-0.2, -0.15) is 0 Å². The minimum absolute atomic E-state index is 0.0146. The Morgan fingerprint density at radius 1 is 1.52 bits per heavy atom. The van der Waals surface area contributed by atoms with Crippen LogP contribution in [0.4, 0.5) is 5.69 Å². The van der Waals surface area contributed by atoms with Gasteiger partial charge in [0.05, 0.1) is 18.7 Å². The molecule has 0 radical (unpaired) electrons. The van der Waals surface area contributed by atoms with E-state index >= 15 is 0 Å². The fraction of sp³-hybridized carbons (Fsp3) is 0.533. The fourth-order valence-electron chi connectivity index (χ4n) is 2.70. The van der Waals surface area contributed by atoms with Gasteiger partial charge in [0, 0.05) is 18.3 Å². The van der Waals surface area contributed by atoms with Gasteiger partial charge < -0.3 is 15.4 Å².